The fraction of sp³-hybridized carbons (Fsp3) is 0.0556. The first-order valence-corrected chi connectivity index (χ1v) is 8.35. The molecule has 0 fully saturated rings. The van der Waals surface area contributed by atoms with Crippen molar-refractivity contribution in [1.29, 1.82) is 0 Å². The van der Waals surface area contributed by atoms with Crippen LogP contribution >= 0.6 is 11.8 Å². The normalized spacial score (nSPS) is 11.1. The highest BCUT2D eigenvalue weighted by atomic mass is 32.2. The Labute approximate surface area is 147 Å². The lowest BCUT2D eigenvalue weighted by molar-refractivity contribution is -0.118. The highest BCUT2D eigenvalue weighted by molar-refractivity contribution is 8.00. The number of benzene rings is 2. The summed E-state index contributed by atoms with van der Waals surface area (Å²) in [5.41, 5.74) is 3.55. The summed E-state index contributed by atoms with van der Waals surface area (Å²) < 4.78 is 25.9. The zero-order valence-corrected chi connectivity index (χ0v) is 13.8. The molecule has 0 aliphatic heterocycles. The van der Waals surface area contributed by atoms with Crippen LogP contribution in [0, 0.1) is 11.6 Å². The second-order valence-corrected chi connectivity index (χ2v) is 6.10. The van der Waals surface area contributed by atoms with E-state index in [1.165, 1.54) is 24.0 Å². The van der Waals surface area contributed by atoms with Gasteiger partial charge in [-0.3, -0.25) is 9.78 Å². The number of rotatable bonds is 5. The van der Waals surface area contributed by atoms with Crippen LogP contribution in [0.15, 0.2) is 64.7 Å². The Morgan fingerprint density at radius 3 is 2.84 bits per heavy atom. The van der Waals surface area contributed by atoms with E-state index in [9.17, 15) is 13.6 Å². The fourth-order valence-corrected chi connectivity index (χ4v) is 2.97. The van der Waals surface area contributed by atoms with E-state index >= 15 is 0 Å². The van der Waals surface area contributed by atoms with Gasteiger partial charge in [0.15, 0.2) is 11.6 Å². The van der Waals surface area contributed by atoms with Crippen molar-refractivity contribution in [2.75, 3.05) is 5.75 Å². The zero-order valence-electron chi connectivity index (χ0n) is 12.9. The minimum Gasteiger partial charge on any atom is -0.272 e. The first-order chi connectivity index (χ1) is 12.1. The van der Waals surface area contributed by atoms with Gasteiger partial charge in [-0.1, -0.05) is 24.3 Å². The van der Waals surface area contributed by atoms with Crippen LogP contribution in [-0.4, -0.2) is 22.9 Å². The third-order valence-corrected chi connectivity index (χ3v) is 4.35. The van der Waals surface area contributed by atoms with Crippen LogP contribution in [-0.2, 0) is 4.79 Å². The number of carbonyl (C=O) groups is 1. The topological polar surface area (TPSA) is 54.4 Å². The van der Waals surface area contributed by atoms with Gasteiger partial charge in [-0.05, 0) is 29.8 Å². The number of thioether (sulfide) groups is 1. The third kappa shape index (κ3) is 4.39. The molecule has 2 aromatic carbocycles. The molecular formula is C18H13F2N3OS. The third-order valence-electron chi connectivity index (χ3n) is 3.30. The van der Waals surface area contributed by atoms with Crippen LogP contribution in [0.3, 0.4) is 0 Å². The van der Waals surface area contributed by atoms with Gasteiger partial charge < -0.3 is 0 Å². The Morgan fingerprint density at radius 2 is 2.00 bits per heavy atom. The molecule has 1 amide bonds. The lowest BCUT2D eigenvalue weighted by Crippen LogP contribution is -2.19. The van der Waals surface area contributed by atoms with Crippen molar-refractivity contribution in [1.82, 2.24) is 10.4 Å². The molecule has 3 aromatic rings. The van der Waals surface area contributed by atoms with E-state index in [0.29, 0.717) is 5.56 Å². The Balaban J connectivity index is 1.57. The number of para-hydroxylation sites is 1. The summed E-state index contributed by atoms with van der Waals surface area (Å²) in [5.74, 6) is -2.04. The van der Waals surface area contributed by atoms with E-state index in [0.717, 1.165) is 27.9 Å². The highest BCUT2D eigenvalue weighted by Crippen LogP contribution is 2.25. The van der Waals surface area contributed by atoms with Gasteiger partial charge in [-0.15, -0.1) is 11.8 Å². The standard InChI is InChI=1S/C18H13F2N3OS/c19-14-7-6-12(9-15(14)20)10-22-23-17(24)11-25-16-5-1-3-13-4-2-8-21-18(13)16/h1-10H,11H2,(H,23,24)/b22-10-. The molecule has 0 spiro atoms. The quantitative estimate of drug-likeness (QED) is 0.430. The molecule has 126 valence electrons. The molecule has 0 bridgehead atoms. The minimum atomic E-state index is -0.964. The Hall–Kier alpha value is -2.80. The van der Waals surface area contributed by atoms with Crippen molar-refractivity contribution < 1.29 is 13.6 Å². The number of amides is 1. The van der Waals surface area contributed by atoms with Crippen molar-refractivity contribution in [2.45, 2.75) is 4.90 Å². The number of hydrogen-bond acceptors (Lipinski definition) is 4. The van der Waals surface area contributed by atoms with Gasteiger partial charge in [0.05, 0.1) is 17.5 Å². The van der Waals surface area contributed by atoms with Gasteiger partial charge in [0, 0.05) is 16.5 Å². The average Bonchev–Trinajstić information content (AvgIpc) is 2.63. The van der Waals surface area contributed by atoms with Crippen molar-refractivity contribution in [3.05, 3.63) is 71.9 Å². The molecule has 4 nitrogen and oxygen atoms in total. The monoisotopic (exact) mass is 357 g/mol. The molecule has 1 N–H and O–H groups in total. The van der Waals surface area contributed by atoms with Crippen LogP contribution in [0.5, 0.6) is 0 Å². The molecule has 0 aliphatic carbocycles. The van der Waals surface area contributed by atoms with E-state index in [1.54, 1.807) is 6.20 Å². The van der Waals surface area contributed by atoms with Crippen LogP contribution < -0.4 is 5.43 Å². The molecule has 0 radical (unpaired) electrons. The number of nitrogens with zero attached hydrogens (tertiary/aromatic N) is 2. The summed E-state index contributed by atoms with van der Waals surface area (Å²) >= 11 is 1.35. The molecule has 1 heterocycles. The molecule has 3 rings (SSSR count). The zero-order chi connectivity index (χ0) is 17.6. The fourth-order valence-electron chi connectivity index (χ4n) is 2.14. The van der Waals surface area contributed by atoms with Crippen LogP contribution in [0.25, 0.3) is 10.9 Å². The molecule has 0 aliphatic rings. The average molecular weight is 357 g/mol. The molecular weight excluding hydrogens is 344 g/mol. The lowest BCUT2D eigenvalue weighted by atomic mass is 10.2. The number of aromatic nitrogens is 1. The van der Waals surface area contributed by atoms with Gasteiger partial charge in [0.2, 0.25) is 5.91 Å². The molecule has 0 atom stereocenters. The first kappa shape index (κ1) is 17.0. The minimum absolute atomic E-state index is 0.158. The summed E-state index contributed by atoms with van der Waals surface area (Å²) in [6.45, 7) is 0. The summed E-state index contributed by atoms with van der Waals surface area (Å²) in [5, 5.41) is 4.75. The number of hydrogen-bond donors (Lipinski definition) is 1. The number of hydrazone groups is 1. The second kappa shape index (κ2) is 7.85. The van der Waals surface area contributed by atoms with E-state index in [1.807, 2.05) is 30.3 Å². The van der Waals surface area contributed by atoms with Crippen molar-refractivity contribution in [2.24, 2.45) is 5.10 Å². The smallest absolute Gasteiger partial charge is 0.250 e. The number of fused-ring (bicyclic) bond motifs is 1. The van der Waals surface area contributed by atoms with Crippen molar-refractivity contribution in [3.8, 4) is 0 Å². The van der Waals surface area contributed by atoms with Crippen LogP contribution in [0.1, 0.15) is 5.56 Å². The summed E-state index contributed by atoms with van der Waals surface area (Å²) in [7, 11) is 0. The first-order valence-electron chi connectivity index (χ1n) is 7.37. The Kier molecular flexibility index (Phi) is 5.35. The molecule has 25 heavy (non-hydrogen) atoms. The Bertz CT molecular complexity index is 941. The Morgan fingerprint density at radius 1 is 1.16 bits per heavy atom. The second-order valence-electron chi connectivity index (χ2n) is 5.09. The van der Waals surface area contributed by atoms with Gasteiger partial charge in [-0.2, -0.15) is 5.10 Å². The molecule has 0 unspecified atom stereocenters. The van der Waals surface area contributed by atoms with E-state index in [-0.39, 0.29) is 11.7 Å². The highest BCUT2D eigenvalue weighted by Gasteiger charge is 2.06. The van der Waals surface area contributed by atoms with Gasteiger partial charge >= 0.3 is 0 Å². The number of pyridine rings is 1. The van der Waals surface area contributed by atoms with Crippen molar-refractivity contribution >= 4 is 34.8 Å². The SMILES string of the molecule is O=C(CSc1cccc2cccnc12)N/N=C\c1ccc(F)c(F)c1. The molecule has 0 saturated carbocycles. The van der Waals surface area contributed by atoms with Crippen LogP contribution in [0.2, 0.25) is 0 Å². The maximum atomic E-state index is 13.1. The maximum Gasteiger partial charge on any atom is 0.250 e. The van der Waals surface area contributed by atoms with E-state index in [2.05, 4.69) is 15.5 Å². The predicted octanol–water partition coefficient (Wildman–Crippen LogP) is 3.76. The van der Waals surface area contributed by atoms with Crippen LogP contribution in [0.4, 0.5) is 8.78 Å². The van der Waals surface area contributed by atoms with Crippen molar-refractivity contribution in [3.63, 3.8) is 0 Å². The van der Waals surface area contributed by atoms with Gasteiger partial charge in [-0.25, -0.2) is 14.2 Å². The molecule has 1 aromatic heterocycles. The van der Waals surface area contributed by atoms with Gasteiger partial charge in [0.25, 0.3) is 0 Å². The number of carbonyl (C=O) groups excluding carboxylic acids is 1. The largest absolute Gasteiger partial charge is 0.272 e. The van der Waals surface area contributed by atoms with Gasteiger partial charge in [0.1, 0.15) is 0 Å². The summed E-state index contributed by atoms with van der Waals surface area (Å²) in [6.07, 6.45) is 2.96. The lowest BCUT2D eigenvalue weighted by Gasteiger charge is -2.04. The number of halogens is 2. The molecule has 0 saturated heterocycles. The summed E-state index contributed by atoms with van der Waals surface area (Å²) in [4.78, 5) is 17.1. The predicted molar refractivity (Wildman–Crippen MR) is 94.6 cm³/mol. The van der Waals surface area contributed by atoms with E-state index < -0.39 is 11.6 Å². The maximum absolute atomic E-state index is 13.1. The summed E-state index contributed by atoms with van der Waals surface area (Å²) in [6, 6.07) is 12.9. The number of nitrogens with one attached hydrogen (secondary N) is 1. The van der Waals surface area contributed by atoms with E-state index in [4.69, 9.17) is 0 Å². The molecule has 7 heteroatoms.